The van der Waals surface area contributed by atoms with Crippen LogP contribution in [0.25, 0.3) is 0 Å². The van der Waals surface area contributed by atoms with Gasteiger partial charge in [-0.25, -0.2) is 4.39 Å². The molecule has 2 aromatic carbocycles. The number of methoxy groups -OCH3 is 1. The van der Waals surface area contributed by atoms with Gasteiger partial charge in [0.2, 0.25) is 0 Å². The van der Waals surface area contributed by atoms with E-state index in [-0.39, 0.29) is 5.78 Å². The topological polar surface area (TPSA) is 26.3 Å². The fourth-order valence-electron chi connectivity index (χ4n) is 3.05. The third kappa shape index (κ3) is 2.23. The van der Waals surface area contributed by atoms with Gasteiger partial charge in [0.15, 0.2) is 5.78 Å². The Hall–Kier alpha value is -2.16. The number of hydrogen-bond donors (Lipinski definition) is 0. The van der Waals surface area contributed by atoms with Crippen LogP contribution in [0.1, 0.15) is 35.2 Å². The quantitative estimate of drug-likeness (QED) is 0.789. The molecule has 0 saturated heterocycles. The van der Waals surface area contributed by atoms with Crippen molar-refractivity contribution in [2.45, 2.75) is 24.7 Å². The molecule has 2 aromatic rings. The van der Waals surface area contributed by atoms with Crippen molar-refractivity contribution in [2.75, 3.05) is 7.11 Å². The van der Waals surface area contributed by atoms with Gasteiger partial charge in [0.05, 0.1) is 18.1 Å². The number of halogens is 1. The minimum Gasteiger partial charge on any atom is -0.496 e. The van der Waals surface area contributed by atoms with Crippen LogP contribution in [0.15, 0.2) is 48.5 Å². The first kappa shape index (κ1) is 13.8. The van der Waals surface area contributed by atoms with Crippen LogP contribution in [0.4, 0.5) is 4.39 Å². The molecule has 1 fully saturated rings. The monoisotopic (exact) mass is 284 g/mol. The lowest BCUT2D eigenvalue weighted by atomic mass is 9.60. The Morgan fingerprint density at radius 1 is 1.14 bits per heavy atom. The molecule has 0 heterocycles. The number of ether oxygens (including phenoxy) is 1. The van der Waals surface area contributed by atoms with Gasteiger partial charge in [0.25, 0.3) is 0 Å². The molecule has 0 bridgehead atoms. The molecule has 0 atom stereocenters. The maximum atomic E-state index is 13.5. The molecule has 0 N–H and O–H groups in total. The highest BCUT2D eigenvalue weighted by molar-refractivity contribution is 6.06. The molecule has 3 heteroatoms. The van der Waals surface area contributed by atoms with Gasteiger partial charge in [-0.3, -0.25) is 4.79 Å². The van der Waals surface area contributed by atoms with E-state index in [0.717, 1.165) is 24.8 Å². The van der Waals surface area contributed by atoms with E-state index in [1.54, 1.807) is 0 Å². The van der Waals surface area contributed by atoms with Crippen molar-refractivity contribution in [1.29, 1.82) is 0 Å². The van der Waals surface area contributed by atoms with Crippen LogP contribution < -0.4 is 4.74 Å². The van der Waals surface area contributed by atoms with Crippen molar-refractivity contribution in [3.05, 3.63) is 65.5 Å². The fraction of sp³-hybridized carbons (Fsp3) is 0.278. The maximum absolute atomic E-state index is 13.5. The Bertz CT molecular complexity index is 660. The van der Waals surface area contributed by atoms with E-state index in [0.29, 0.717) is 11.3 Å². The molecule has 0 radical (unpaired) electrons. The number of benzene rings is 2. The molecular formula is C18H17FO2. The molecule has 0 unspecified atom stereocenters. The molecule has 0 aliphatic heterocycles. The maximum Gasteiger partial charge on any atom is 0.177 e. The molecule has 0 amide bonds. The minimum absolute atomic E-state index is 0.0451. The van der Waals surface area contributed by atoms with Gasteiger partial charge in [-0.15, -0.1) is 0 Å². The summed E-state index contributed by atoms with van der Waals surface area (Å²) in [5.74, 6) is -0.0263. The zero-order valence-electron chi connectivity index (χ0n) is 11.9. The molecule has 1 aliphatic rings. The fourth-order valence-corrected chi connectivity index (χ4v) is 3.05. The second kappa shape index (κ2) is 5.32. The number of carbonyl (C=O) groups is 1. The van der Waals surface area contributed by atoms with Gasteiger partial charge in [0.1, 0.15) is 11.6 Å². The smallest absolute Gasteiger partial charge is 0.177 e. The van der Waals surface area contributed by atoms with E-state index < -0.39 is 11.2 Å². The van der Waals surface area contributed by atoms with Gasteiger partial charge in [-0.2, -0.15) is 0 Å². The number of carbonyl (C=O) groups excluding carboxylic acids is 1. The van der Waals surface area contributed by atoms with Gasteiger partial charge >= 0.3 is 0 Å². The Labute approximate surface area is 123 Å². The number of hydrogen-bond acceptors (Lipinski definition) is 2. The molecule has 21 heavy (non-hydrogen) atoms. The van der Waals surface area contributed by atoms with Crippen LogP contribution in [0, 0.1) is 5.82 Å². The van der Waals surface area contributed by atoms with Gasteiger partial charge in [-0.1, -0.05) is 36.8 Å². The van der Waals surface area contributed by atoms with E-state index in [1.165, 1.54) is 25.3 Å². The summed E-state index contributed by atoms with van der Waals surface area (Å²) in [4.78, 5) is 13.0. The molecule has 1 aliphatic carbocycles. The Kier molecular flexibility index (Phi) is 3.50. The zero-order chi connectivity index (χ0) is 14.9. The Morgan fingerprint density at radius 2 is 1.86 bits per heavy atom. The predicted molar refractivity (Wildman–Crippen MR) is 79.3 cm³/mol. The lowest BCUT2D eigenvalue weighted by Crippen LogP contribution is -2.42. The standard InChI is InChI=1S/C18H17FO2/c1-21-16-9-8-14(19)12-15(16)17(20)18(10-5-11-18)13-6-3-2-4-7-13/h2-4,6-9,12H,5,10-11H2,1H3. The summed E-state index contributed by atoms with van der Waals surface area (Å²) in [7, 11) is 1.50. The summed E-state index contributed by atoms with van der Waals surface area (Å²) < 4.78 is 18.8. The van der Waals surface area contributed by atoms with Crippen molar-refractivity contribution >= 4 is 5.78 Å². The van der Waals surface area contributed by atoms with Crippen LogP contribution in [0.2, 0.25) is 0 Å². The summed E-state index contributed by atoms with van der Waals surface area (Å²) >= 11 is 0. The second-order valence-corrected chi connectivity index (χ2v) is 5.48. The van der Waals surface area contributed by atoms with Gasteiger partial charge in [0, 0.05) is 0 Å². The molecule has 1 saturated carbocycles. The highest BCUT2D eigenvalue weighted by atomic mass is 19.1. The van der Waals surface area contributed by atoms with Crippen LogP contribution >= 0.6 is 0 Å². The van der Waals surface area contributed by atoms with E-state index in [1.807, 2.05) is 30.3 Å². The highest BCUT2D eigenvalue weighted by Crippen LogP contribution is 2.47. The van der Waals surface area contributed by atoms with Crippen LogP contribution in [-0.4, -0.2) is 12.9 Å². The summed E-state index contributed by atoms with van der Waals surface area (Å²) in [6.07, 6.45) is 2.61. The minimum atomic E-state index is -0.525. The van der Waals surface area contributed by atoms with Crippen molar-refractivity contribution in [2.24, 2.45) is 0 Å². The van der Waals surface area contributed by atoms with Crippen LogP contribution in [0.5, 0.6) is 5.75 Å². The van der Waals surface area contributed by atoms with Gasteiger partial charge < -0.3 is 4.74 Å². The molecular weight excluding hydrogens is 267 g/mol. The van der Waals surface area contributed by atoms with Crippen molar-refractivity contribution in [3.63, 3.8) is 0 Å². The second-order valence-electron chi connectivity index (χ2n) is 5.48. The first-order valence-corrected chi connectivity index (χ1v) is 7.11. The zero-order valence-corrected chi connectivity index (χ0v) is 11.9. The summed E-state index contributed by atoms with van der Waals surface area (Å²) in [6, 6.07) is 13.9. The molecule has 0 aromatic heterocycles. The first-order valence-electron chi connectivity index (χ1n) is 7.11. The van der Waals surface area contributed by atoms with E-state index >= 15 is 0 Å². The number of ketones is 1. The Balaban J connectivity index is 2.07. The summed E-state index contributed by atoms with van der Waals surface area (Å²) in [6.45, 7) is 0. The van der Waals surface area contributed by atoms with Crippen molar-refractivity contribution in [3.8, 4) is 5.75 Å². The van der Waals surface area contributed by atoms with Crippen LogP contribution in [-0.2, 0) is 5.41 Å². The third-order valence-corrected chi connectivity index (χ3v) is 4.37. The predicted octanol–water partition coefficient (Wildman–Crippen LogP) is 4.14. The highest BCUT2D eigenvalue weighted by Gasteiger charge is 2.46. The van der Waals surface area contributed by atoms with Gasteiger partial charge in [-0.05, 0) is 36.6 Å². The molecule has 2 nitrogen and oxygen atoms in total. The number of Topliss-reactive ketones (excluding diaryl/α,β-unsaturated/α-hetero) is 1. The van der Waals surface area contributed by atoms with Crippen molar-refractivity contribution in [1.82, 2.24) is 0 Å². The third-order valence-electron chi connectivity index (χ3n) is 4.37. The molecule has 0 spiro atoms. The average molecular weight is 284 g/mol. The molecule has 108 valence electrons. The summed E-state index contributed by atoms with van der Waals surface area (Å²) in [5, 5.41) is 0. The lowest BCUT2D eigenvalue weighted by Gasteiger charge is -2.41. The normalized spacial score (nSPS) is 16.1. The number of rotatable bonds is 4. The SMILES string of the molecule is COc1ccc(F)cc1C(=O)C1(c2ccccc2)CCC1. The van der Waals surface area contributed by atoms with Crippen LogP contribution in [0.3, 0.4) is 0 Å². The lowest BCUT2D eigenvalue weighted by molar-refractivity contribution is 0.0785. The average Bonchev–Trinajstić information content (AvgIpc) is 2.47. The van der Waals surface area contributed by atoms with Crippen molar-refractivity contribution < 1.29 is 13.9 Å². The first-order chi connectivity index (χ1) is 10.2. The molecule has 3 rings (SSSR count). The Morgan fingerprint density at radius 3 is 2.43 bits per heavy atom. The summed E-state index contributed by atoms with van der Waals surface area (Å²) in [5.41, 5.74) is 0.816. The van der Waals surface area contributed by atoms with E-state index in [2.05, 4.69) is 0 Å². The largest absolute Gasteiger partial charge is 0.496 e. The van der Waals surface area contributed by atoms with E-state index in [9.17, 15) is 9.18 Å². The van der Waals surface area contributed by atoms with E-state index in [4.69, 9.17) is 4.74 Å².